The molecule has 17 heavy (non-hydrogen) atoms. The van der Waals surface area contributed by atoms with Crippen LogP contribution in [0, 0.1) is 0 Å². The minimum absolute atomic E-state index is 0.228. The van der Waals surface area contributed by atoms with Gasteiger partial charge in [0.25, 0.3) is 0 Å². The first-order valence-electron chi connectivity index (χ1n) is 5.21. The summed E-state index contributed by atoms with van der Waals surface area (Å²) < 4.78 is 5.26. The number of nitrogen functional groups attached to an aromatic ring is 1. The highest BCUT2D eigenvalue weighted by atomic mass is 35.5. The molecule has 0 bridgehead atoms. The summed E-state index contributed by atoms with van der Waals surface area (Å²) in [4.78, 5) is 0. The van der Waals surface area contributed by atoms with Crippen LogP contribution in [0.1, 0.15) is 25.3 Å². The van der Waals surface area contributed by atoms with Crippen LogP contribution in [0.5, 0.6) is 0 Å². The van der Waals surface area contributed by atoms with Gasteiger partial charge in [0.15, 0.2) is 11.6 Å². The van der Waals surface area contributed by atoms with E-state index in [0.29, 0.717) is 21.6 Å². The van der Waals surface area contributed by atoms with Gasteiger partial charge in [-0.15, -0.1) is 0 Å². The molecule has 0 unspecified atom stereocenters. The third-order valence-electron chi connectivity index (χ3n) is 2.51. The molecule has 2 N–H and O–H groups in total. The number of hydrogen-bond donors (Lipinski definition) is 1. The molecular weight excluding hydrogens is 259 g/mol. The molecule has 0 saturated heterocycles. The van der Waals surface area contributed by atoms with Gasteiger partial charge in [-0.05, 0) is 24.1 Å². The molecule has 2 aromatic rings. The van der Waals surface area contributed by atoms with Crippen molar-refractivity contribution in [3.05, 3.63) is 33.8 Å². The number of anilines is 1. The number of rotatable bonds is 2. The van der Waals surface area contributed by atoms with Gasteiger partial charge in [-0.25, -0.2) is 0 Å². The fraction of sp³-hybridized carbons (Fsp3) is 0.250. The van der Waals surface area contributed by atoms with E-state index in [2.05, 4.69) is 5.16 Å². The van der Waals surface area contributed by atoms with E-state index in [0.717, 1.165) is 11.1 Å². The Morgan fingerprint density at radius 3 is 2.53 bits per heavy atom. The largest absolute Gasteiger partial charge is 0.381 e. The second-order valence-corrected chi connectivity index (χ2v) is 4.91. The Labute approximate surface area is 109 Å². The second kappa shape index (κ2) is 4.59. The summed E-state index contributed by atoms with van der Waals surface area (Å²) in [6, 6.07) is 5.30. The molecule has 90 valence electrons. The summed E-state index contributed by atoms with van der Waals surface area (Å²) in [5, 5.41) is 4.78. The van der Waals surface area contributed by atoms with Crippen LogP contribution in [0.4, 0.5) is 5.82 Å². The molecule has 1 aromatic carbocycles. The lowest BCUT2D eigenvalue weighted by molar-refractivity contribution is 0.434. The number of nitrogens with two attached hydrogens (primary N) is 1. The topological polar surface area (TPSA) is 52.0 Å². The van der Waals surface area contributed by atoms with E-state index in [1.807, 2.05) is 19.9 Å². The minimum Gasteiger partial charge on any atom is -0.381 e. The Bertz CT molecular complexity index is 549. The Balaban J connectivity index is 2.56. The van der Waals surface area contributed by atoms with Crippen molar-refractivity contribution < 1.29 is 4.52 Å². The van der Waals surface area contributed by atoms with Crippen LogP contribution in [-0.2, 0) is 0 Å². The molecule has 3 nitrogen and oxygen atoms in total. The van der Waals surface area contributed by atoms with Gasteiger partial charge in [0.05, 0.1) is 10.0 Å². The maximum absolute atomic E-state index is 5.98. The van der Waals surface area contributed by atoms with Crippen LogP contribution >= 0.6 is 23.2 Å². The third kappa shape index (κ3) is 2.26. The SMILES string of the molecule is CC(C)c1c(N)noc1-c1ccc(Cl)c(Cl)c1. The average molecular weight is 271 g/mol. The predicted molar refractivity (Wildman–Crippen MR) is 70.5 cm³/mol. The zero-order chi connectivity index (χ0) is 12.6. The lowest BCUT2D eigenvalue weighted by Crippen LogP contribution is -1.95. The lowest BCUT2D eigenvalue weighted by Gasteiger charge is -2.06. The van der Waals surface area contributed by atoms with E-state index in [1.54, 1.807) is 12.1 Å². The normalized spacial score (nSPS) is 11.1. The van der Waals surface area contributed by atoms with Crippen molar-refractivity contribution in [1.29, 1.82) is 0 Å². The van der Waals surface area contributed by atoms with Gasteiger partial charge in [0.2, 0.25) is 0 Å². The molecule has 0 aliphatic rings. The molecule has 1 aromatic heterocycles. The molecule has 0 amide bonds. The van der Waals surface area contributed by atoms with Crippen molar-refractivity contribution >= 4 is 29.0 Å². The van der Waals surface area contributed by atoms with Gasteiger partial charge >= 0.3 is 0 Å². The van der Waals surface area contributed by atoms with E-state index >= 15 is 0 Å². The van der Waals surface area contributed by atoms with Gasteiger partial charge < -0.3 is 10.3 Å². The van der Waals surface area contributed by atoms with E-state index < -0.39 is 0 Å². The molecule has 0 radical (unpaired) electrons. The first-order valence-corrected chi connectivity index (χ1v) is 5.96. The Morgan fingerprint density at radius 2 is 1.94 bits per heavy atom. The molecule has 0 aliphatic heterocycles. The molecule has 2 rings (SSSR count). The average Bonchev–Trinajstić information content (AvgIpc) is 2.64. The Hall–Kier alpha value is -1.19. The molecular formula is C12H12Cl2N2O. The minimum atomic E-state index is 0.228. The number of benzene rings is 1. The summed E-state index contributed by atoms with van der Waals surface area (Å²) in [7, 11) is 0. The molecule has 0 aliphatic carbocycles. The van der Waals surface area contributed by atoms with Gasteiger partial charge in [-0.1, -0.05) is 42.2 Å². The summed E-state index contributed by atoms with van der Waals surface area (Å²) in [6.45, 7) is 4.06. The maximum Gasteiger partial charge on any atom is 0.172 e. The highest BCUT2D eigenvalue weighted by Crippen LogP contribution is 2.35. The van der Waals surface area contributed by atoms with E-state index in [-0.39, 0.29) is 5.92 Å². The van der Waals surface area contributed by atoms with Crippen molar-refractivity contribution in [2.24, 2.45) is 0 Å². The smallest absolute Gasteiger partial charge is 0.172 e. The standard InChI is InChI=1S/C12H12Cl2N2O/c1-6(2)10-11(17-16-12(10)15)7-3-4-8(13)9(14)5-7/h3-6H,1-2H3,(H2,15,16). The molecule has 5 heteroatoms. The van der Waals surface area contributed by atoms with Crippen LogP contribution in [-0.4, -0.2) is 5.16 Å². The van der Waals surface area contributed by atoms with Crippen molar-refractivity contribution in [2.45, 2.75) is 19.8 Å². The van der Waals surface area contributed by atoms with Gasteiger partial charge in [0.1, 0.15) is 0 Å². The first-order chi connectivity index (χ1) is 8.00. The van der Waals surface area contributed by atoms with Crippen molar-refractivity contribution in [3.8, 4) is 11.3 Å². The first kappa shape index (κ1) is 12.3. The van der Waals surface area contributed by atoms with Crippen LogP contribution in [0.15, 0.2) is 22.7 Å². The van der Waals surface area contributed by atoms with E-state index in [9.17, 15) is 0 Å². The predicted octanol–water partition coefficient (Wildman–Crippen LogP) is 4.35. The highest BCUT2D eigenvalue weighted by molar-refractivity contribution is 6.42. The third-order valence-corrected chi connectivity index (χ3v) is 3.25. The number of halogens is 2. The van der Waals surface area contributed by atoms with Crippen LogP contribution in [0.2, 0.25) is 10.0 Å². The Kier molecular flexibility index (Phi) is 3.31. The highest BCUT2D eigenvalue weighted by Gasteiger charge is 2.19. The van der Waals surface area contributed by atoms with Crippen molar-refractivity contribution in [3.63, 3.8) is 0 Å². The molecule has 0 saturated carbocycles. The zero-order valence-corrected chi connectivity index (χ0v) is 11.0. The number of hydrogen-bond acceptors (Lipinski definition) is 3. The van der Waals surface area contributed by atoms with Gasteiger partial charge in [-0.3, -0.25) is 0 Å². The molecule has 0 atom stereocenters. The van der Waals surface area contributed by atoms with Gasteiger partial charge in [0, 0.05) is 11.1 Å². The molecule has 1 heterocycles. The van der Waals surface area contributed by atoms with Crippen LogP contribution < -0.4 is 5.73 Å². The maximum atomic E-state index is 5.98. The van der Waals surface area contributed by atoms with E-state index in [4.69, 9.17) is 33.5 Å². The fourth-order valence-electron chi connectivity index (χ4n) is 1.71. The molecule has 0 fully saturated rings. The monoisotopic (exact) mass is 270 g/mol. The van der Waals surface area contributed by atoms with Crippen molar-refractivity contribution in [2.75, 3.05) is 5.73 Å². The van der Waals surface area contributed by atoms with Crippen LogP contribution in [0.25, 0.3) is 11.3 Å². The second-order valence-electron chi connectivity index (χ2n) is 4.09. The van der Waals surface area contributed by atoms with E-state index in [1.165, 1.54) is 0 Å². The quantitative estimate of drug-likeness (QED) is 0.883. The lowest BCUT2D eigenvalue weighted by atomic mass is 9.99. The summed E-state index contributed by atoms with van der Waals surface area (Å²) >= 11 is 11.8. The zero-order valence-electron chi connectivity index (χ0n) is 9.50. The number of nitrogens with zero attached hydrogens (tertiary/aromatic N) is 1. The number of aromatic nitrogens is 1. The van der Waals surface area contributed by atoms with Crippen molar-refractivity contribution in [1.82, 2.24) is 5.16 Å². The molecule has 0 spiro atoms. The summed E-state index contributed by atoms with van der Waals surface area (Å²) in [6.07, 6.45) is 0. The van der Waals surface area contributed by atoms with Gasteiger partial charge in [-0.2, -0.15) is 0 Å². The summed E-state index contributed by atoms with van der Waals surface area (Å²) in [5.41, 5.74) is 7.50. The fourth-order valence-corrected chi connectivity index (χ4v) is 2.01. The Morgan fingerprint density at radius 1 is 1.24 bits per heavy atom. The summed E-state index contributed by atoms with van der Waals surface area (Å²) in [5.74, 6) is 1.29. The van der Waals surface area contributed by atoms with Crippen LogP contribution in [0.3, 0.4) is 0 Å².